The van der Waals surface area contributed by atoms with E-state index in [-0.39, 0.29) is 5.91 Å². The lowest BCUT2D eigenvalue weighted by Gasteiger charge is -2.22. The summed E-state index contributed by atoms with van der Waals surface area (Å²) in [4.78, 5) is 25.1. The van der Waals surface area contributed by atoms with Crippen LogP contribution in [-0.2, 0) is 4.79 Å². The average Bonchev–Trinajstić information content (AvgIpc) is 2.59. The number of rotatable bonds is 8. The molecule has 25 heavy (non-hydrogen) atoms. The van der Waals surface area contributed by atoms with Gasteiger partial charge in [0.25, 0.3) is 0 Å². The number of imide groups is 1. The molecule has 6 nitrogen and oxygen atoms in total. The highest BCUT2D eigenvalue weighted by Crippen LogP contribution is 2.18. The second kappa shape index (κ2) is 10.5. The summed E-state index contributed by atoms with van der Waals surface area (Å²) in [7, 11) is 0. The fourth-order valence-corrected chi connectivity index (χ4v) is 2.41. The van der Waals surface area contributed by atoms with Crippen LogP contribution in [0.15, 0.2) is 47.1 Å². The van der Waals surface area contributed by atoms with Gasteiger partial charge >= 0.3 is 6.03 Å². The molecule has 1 unspecified atom stereocenters. The van der Waals surface area contributed by atoms with Gasteiger partial charge in [0.15, 0.2) is 0 Å². The third kappa shape index (κ3) is 6.19. The first-order valence-corrected chi connectivity index (χ1v) is 8.49. The predicted molar refractivity (Wildman–Crippen MR) is 105 cm³/mol. The highest BCUT2D eigenvalue weighted by atomic mass is 32.1. The Hall–Kier alpha value is -2.41. The summed E-state index contributed by atoms with van der Waals surface area (Å²) in [5.41, 5.74) is 2.21. The average molecular weight is 360 g/mol. The molecule has 0 heterocycles. The Morgan fingerprint density at radius 2 is 2.00 bits per heavy atom. The molecule has 0 saturated heterocycles. The number of nitrogens with zero attached hydrogens (tertiary/aromatic N) is 3. The first-order chi connectivity index (χ1) is 11.9. The van der Waals surface area contributed by atoms with Gasteiger partial charge in [-0.25, -0.2) is 4.79 Å². The van der Waals surface area contributed by atoms with E-state index in [4.69, 9.17) is 0 Å². The van der Waals surface area contributed by atoms with Gasteiger partial charge < -0.3 is 5.32 Å². The zero-order valence-corrected chi connectivity index (χ0v) is 15.5. The van der Waals surface area contributed by atoms with E-state index in [1.807, 2.05) is 31.2 Å². The molecule has 3 amide bonds. The Balaban J connectivity index is 2.82. The fraction of sp³-hybridized carbons (Fsp3) is 0.333. The molecule has 1 atom stereocenters. The van der Waals surface area contributed by atoms with Crippen LogP contribution in [-0.4, -0.2) is 35.8 Å². The number of benzene rings is 1. The molecule has 0 spiro atoms. The van der Waals surface area contributed by atoms with E-state index in [0.29, 0.717) is 12.3 Å². The van der Waals surface area contributed by atoms with Crippen molar-refractivity contribution in [3.05, 3.63) is 48.0 Å². The number of carbonyl (C=O) groups is 2. The second-order valence-electron chi connectivity index (χ2n) is 5.33. The molecule has 0 aromatic heterocycles. The summed E-state index contributed by atoms with van der Waals surface area (Å²) in [5, 5.41) is 9.57. The fourth-order valence-electron chi connectivity index (χ4n) is 2.13. The molecule has 0 fully saturated rings. The smallest absolute Gasteiger partial charge is 0.322 e. The Labute approximate surface area is 154 Å². The molecule has 0 aliphatic rings. The predicted octanol–water partition coefficient (Wildman–Crippen LogP) is 3.56. The number of unbranched alkanes of at least 4 members (excludes halogenated alkanes) is 1. The molecule has 1 N–H and O–H groups in total. The van der Waals surface area contributed by atoms with Crippen LogP contribution in [0.25, 0.3) is 0 Å². The lowest BCUT2D eigenvalue weighted by molar-refractivity contribution is -0.126. The molecule has 7 heteroatoms. The maximum absolute atomic E-state index is 12.3. The highest BCUT2D eigenvalue weighted by molar-refractivity contribution is 7.80. The third-order valence-corrected chi connectivity index (χ3v) is 3.94. The van der Waals surface area contributed by atoms with Crippen LogP contribution in [0.5, 0.6) is 0 Å². The lowest BCUT2D eigenvalue weighted by atomic mass is 10.1. The summed E-state index contributed by atoms with van der Waals surface area (Å²) < 4.78 is 0. The SMILES string of the molecule is C=C/C(=N\N=C)c1ccc(C(S)NC(=O)N(CCCC)C(C)=O)cc1. The molecule has 1 aromatic rings. The Kier molecular flexibility index (Phi) is 8.63. The second-order valence-corrected chi connectivity index (χ2v) is 5.85. The maximum atomic E-state index is 12.3. The number of allylic oxidation sites excluding steroid dienone is 1. The molecule has 0 aliphatic heterocycles. The molecule has 134 valence electrons. The van der Waals surface area contributed by atoms with Crippen molar-refractivity contribution in [3.63, 3.8) is 0 Å². The van der Waals surface area contributed by atoms with Crippen molar-refractivity contribution in [1.82, 2.24) is 10.2 Å². The normalized spacial score (nSPS) is 12.2. The van der Waals surface area contributed by atoms with E-state index >= 15 is 0 Å². The monoisotopic (exact) mass is 360 g/mol. The van der Waals surface area contributed by atoms with Crippen molar-refractivity contribution in [2.75, 3.05) is 6.54 Å². The van der Waals surface area contributed by atoms with Gasteiger partial charge in [-0.1, -0.05) is 44.2 Å². The van der Waals surface area contributed by atoms with Gasteiger partial charge in [0.05, 0.1) is 11.1 Å². The first-order valence-electron chi connectivity index (χ1n) is 7.97. The van der Waals surface area contributed by atoms with Gasteiger partial charge in [-0.05, 0) is 18.1 Å². The number of amides is 3. The zero-order chi connectivity index (χ0) is 18.8. The summed E-state index contributed by atoms with van der Waals surface area (Å²) in [5.74, 6) is -0.286. The van der Waals surface area contributed by atoms with E-state index < -0.39 is 11.4 Å². The van der Waals surface area contributed by atoms with E-state index in [0.717, 1.165) is 24.0 Å². The topological polar surface area (TPSA) is 74.1 Å². The minimum Gasteiger partial charge on any atom is -0.322 e. The van der Waals surface area contributed by atoms with E-state index in [1.54, 1.807) is 6.08 Å². The van der Waals surface area contributed by atoms with Crippen molar-refractivity contribution >= 4 is 37.0 Å². The standard InChI is InChI=1S/C18H24N4O2S/c1-5-7-12-22(13(3)23)18(24)20-17(25)15-10-8-14(9-11-15)16(6-2)21-19-4/h6,8-11,17,25H,2,4-5,7,12H2,1,3H3,(H,20,24)/b21-16+. The summed E-state index contributed by atoms with van der Waals surface area (Å²) in [6.45, 7) is 10.8. The minimum atomic E-state index is -0.535. The number of nitrogens with one attached hydrogen (secondary N) is 1. The number of hydrogen-bond donors (Lipinski definition) is 2. The number of carbonyl (C=O) groups excluding carboxylic acids is 2. The number of thiol groups is 1. The van der Waals surface area contributed by atoms with Gasteiger partial charge in [0.2, 0.25) is 5.91 Å². The van der Waals surface area contributed by atoms with Crippen LogP contribution in [0.2, 0.25) is 0 Å². The van der Waals surface area contributed by atoms with Crippen LogP contribution in [0.1, 0.15) is 43.2 Å². The quantitative estimate of drug-likeness (QED) is 0.322. The number of hydrogen-bond acceptors (Lipinski definition) is 5. The lowest BCUT2D eigenvalue weighted by Crippen LogP contribution is -2.43. The van der Waals surface area contributed by atoms with Crippen molar-refractivity contribution in [1.29, 1.82) is 0 Å². The van der Waals surface area contributed by atoms with Crippen molar-refractivity contribution < 1.29 is 9.59 Å². The van der Waals surface area contributed by atoms with Gasteiger partial charge in [0.1, 0.15) is 0 Å². The van der Waals surface area contributed by atoms with E-state index in [2.05, 4.69) is 41.4 Å². The van der Waals surface area contributed by atoms with Gasteiger partial charge in [-0.15, -0.1) is 12.6 Å². The molecular formula is C18H24N4O2S. The third-order valence-electron chi connectivity index (χ3n) is 3.51. The molecule has 0 aliphatic carbocycles. The number of urea groups is 1. The van der Waals surface area contributed by atoms with Crippen molar-refractivity contribution in [3.8, 4) is 0 Å². The molecule has 1 rings (SSSR count). The molecule has 0 saturated carbocycles. The highest BCUT2D eigenvalue weighted by Gasteiger charge is 2.20. The minimum absolute atomic E-state index is 0.286. The molecule has 1 aromatic carbocycles. The van der Waals surface area contributed by atoms with Crippen LogP contribution in [0.3, 0.4) is 0 Å². The Morgan fingerprint density at radius 3 is 2.48 bits per heavy atom. The summed E-state index contributed by atoms with van der Waals surface area (Å²) >= 11 is 4.41. The van der Waals surface area contributed by atoms with Crippen molar-refractivity contribution in [2.24, 2.45) is 10.2 Å². The van der Waals surface area contributed by atoms with Gasteiger partial charge in [-0.2, -0.15) is 10.2 Å². The Morgan fingerprint density at radius 1 is 1.36 bits per heavy atom. The molecule has 0 bridgehead atoms. The van der Waals surface area contributed by atoms with Crippen LogP contribution in [0.4, 0.5) is 4.79 Å². The molecule has 0 radical (unpaired) electrons. The van der Waals surface area contributed by atoms with E-state index in [9.17, 15) is 9.59 Å². The van der Waals surface area contributed by atoms with Crippen LogP contribution < -0.4 is 5.32 Å². The van der Waals surface area contributed by atoms with Crippen LogP contribution >= 0.6 is 12.6 Å². The Bertz CT molecular complexity index is 656. The maximum Gasteiger partial charge on any atom is 0.325 e. The summed E-state index contributed by atoms with van der Waals surface area (Å²) in [6.07, 6.45) is 3.25. The largest absolute Gasteiger partial charge is 0.325 e. The molecular weight excluding hydrogens is 336 g/mol. The van der Waals surface area contributed by atoms with Crippen molar-refractivity contribution in [2.45, 2.75) is 32.1 Å². The first kappa shape index (κ1) is 20.6. The summed E-state index contributed by atoms with van der Waals surface area (Å²) in [6, 6.07) is 6.85. The van der Waals surface area contributed by atoms with Gasteiger partial charge in [0, 0.05) is 25.7 Å². The van der Waals surface area contributed by atoms with Crippen LogP contribution in [0, 0.1) is 0 Å². The van der Waals surface area contributed by atoms with E-state index in [1.165, 1.54) is 11.8 Å². The zero-order valence-electron chi connectivity index (χ0n) is 14.6. The van der Waals surface area contributed by atoms with Gasteiger partial charge in [-0.3, -0.25) is 9.69 Å².